The molecule has 0 saturated carbocycles. The van der Waals surface area contributed by atoms with Gasteiger partial charge in [0.2, 0.25) is 0 Å². The van der Waals surface area contributed by atoms with Crippen LogP contribution in [0.25, 0.3) is 0 Å². The first-order chi connectivity index (χ1) is 9.00. The molecule has 0 N–H and O–H groups in total. The Morgan fingerprint density at radius 3 is 2.74 bits per heavy atom. The molecular weight excluding hydrogens is 232 g/mol. The number of pyridine rings is 1. The van der Waals surface area contributed by atoms with Crippen LogP contribution in [0.5, 0.6) is 0 Å². The third-order valence-electron chi connectivity index (χ3n) is 4.11. The summed E-state index contributed by atoms with van der Waals surface area (Å²) in [6.07, 6.45) is 8.29. The number of aromatic nitrogens is 1. The van der Waals surface area contributed by atoms with Crippen LogP contribution in [0.1, 0.15) is 63.8 Å². The van der Waals surface area contributed by atoms with Gasteiger partial charge in [-0.3, -0.25) is 9.88 Å². The lowest BCUT2D eigenvalue weighted by Gasteiger charge is -2.38. The van der Waals surface area contributed by atoms with Crippen molar-refractivity contribution in [2.75, 3.05) is 6.54 Å². The zero-order valence-corrected chi connectivity index (χ0v) is 13.0. The van der Waals surface area contributed by atoms with E-state index in [1.165, 1.54) is 42.5 Å². The SMILES string of the molecule is CCCCCc1cnc2c(c1)CN(C(C)(C)C)CC2. The first-order valence-electron chi connectivity index (χ1n) is 7.72. The van der Waals surface area contributed by atoms with Gasteiger partial charge in [0.25, 0.3) is 0 Å². The highest BCUT2D eigenvalue weighted by Gasteiger charge is 2.26. The van der Waals surface area contributed by atoms with Crippen LogP contribution < -0.4 is 0 Å². The van der Waals surface area contributed by atoms with Gasteiger partial charge in [0.05, 0.1) is 0 Å². The summed E-state index contributed by atoms with van der Waals surface area (Å²) in [5, 5.41) is 0. The van der Waals surface area contributed by atoms with E-state index < -0.39 is 0 Å². The summed E-state index contributed by atoms with van der Waals surface area (Å²) in [5.74, 6) is 0. The third-order valence-corrected chi connectivity index (χ3v) is 4.11. The molecule has 2 rings (SSSR count). The quantitative estimate of drug-likeness (QED) is 0.761. The van der Waals surface area contributed by atoms with Crippen LogP contribution in [0.4, 0.5) is 0 Å². The largest absolute Gasteiger partial charge is 0.294 e. The Bertz CT molecular complexity index is 418. The van der Waals surface area contributed by atoms with Crippen LogP contribution in [0.15, 0.2) is 12.3 Å². The average Bonchev–Trinajstić information content (AvgIpc) is 2.37. The number of nitrogens with zero attached hydrogens (tertiary/aromatic N) is 2. The average molecular weight is 260 g/mol. The van der Waals surface area contributed by atoms with Gasteiger partial charge in [0.15, 0.2) is 0 Å². The van der Waals surface area contributed by atoms with Crippen molar-refractivity contribution in [3.05, 3.63) is 29.1 Å². The standard InChI is InChI=1S/C17H28N2/c1-5-6-7-8-14-11-15-13-19(17(2,3)4)10-9-16(15)18-12-14/h11-12H,5-10,13H2,1-4H3. The Balaban J connectivity index is 2.07. The fraction of sp³-hybridized carbons (Fsp3) is 0.706. The number of aryl methyl sites for hydroxylation is 1. The van der Waals surface area contributed by atoms with Crippen molar-refractivity contribution in [2.24, 2.45) is 0 Å². The van der Waals surface area contributed by atoms with Gasteiger partial charge in [0, 0.05) is 36.9 Å². The minimum Gasteiger partial charge on any atom is -0.294 e. The van der Waals surface area contributed by atoms with Gasteiger partial charge in [-0.25, -0.2) is 0 Å². The van der Waals surface area contributed by atoms with Crippen molar-refractivity contribution >= 4 is 0 Å². The van der Waals surface area contributed by atoms with E-state index in [0.29, 0.717) is 0 Å². The molecule has 19 heavy (non-hydrogen) atoms. The Hall–Kier alpha value is -0.890. The van der Waals surface area contributed by atoms with E-state index in [1.54, 1.807) is 0 Å². The van der Waals surface area contributed by atoms with E-state index in [-0.39, 0.29) is 5.54 Å². The molecule has 106 valence electrons. The highest BCUT2D eigenvalue weighted by atomic mass is 15.2. The monoisotopic (exact) mass is 260 g/mol. The van der Waals surface area contributed by atoms with Gasteiger partial charge >= 0.3 is 0 Å². The Kier molecular flexibility index (Phi) is 4.62. The van der Waals surface area contributed by atoms with Gasteiger partial charge in [0.1, 0.15) is 0 Å². The van der Waals surface area contributed by atoms with Crippen molar-refractivity contribution in [2.45, 2.75) is 71.9 Å². The van der Waals surface area contributed by atoms with Gasteiger partial charge in [-0.2, -0.15) is 0 Å². The maximum Gasteiger partial charge on any atom is 0.0461 e. The fourth-order valence-corrected chi connectivity index (χ4v) is 2.76. The van der Waals surface area contributed by atoms with Crippen LogP contribution in [0.3, 0.4) is 0 Å². The number of hydrogen-bond acceptors (Lipinski definition) is 2. The summed E-state index contributed by atoms with van der Waals surface area (Å²) in [6.45, 7) is 11.4. The summed E-state index contributed by atoms with van der Waals surface area (Å²) in [4.78, 5) is 7.25. The lowest BCUT2D eigenvalue weighted by molar-refractivity contribution is 0.119. The van der Waals surface area contributed by atoms with E-state index in [1.807, 2.05) is 0 Å². The molecule has 0 spiro atoms. The first kappa shape index (κ1) is 14.5. The molecule has 1 aliphatic heterocycles. The van der Waals surface area contributed by atoms with Gasteiger partial charge in [-0.05, 0) is 44.7 Å². The highest BCUT2D eigenvalue weighted by molar-refractivity contribution is 5.27. The molecule has 0 atom stereocenters. The number of hydrogen-bond donors (Lipinski definition) is 0. The minimum atomic E-state index is 0.260. The second-order valence-corrected chi connectivity index (χ2v) is 6.75. The molecule has 0 amide bonds. The smallest absolute Gasteiger partial charge is 0.0461 e. The van der Waals surface area contributed by atoms with E-state index in [2.05, 4.69) is 49.8 Å². The molecule has 0 aliphatic carbocycles. The summed E-state index contributed by atoms with van der Waals surface area (Å²) < 4.78 is 0. The van der Waals surface area contributed by atoms with Crippen molar-refractivity contribution in [3.8, 4) is 0 Å². The molecule has 1 aliphatic rings. The number of unbranched alkanes of at least 4 members (excludes halogenated alkanes) is 2. The molecule has 2 heterocycles. The number of fused-ring (bicyclic) bond motifs is 1. The Morgan fingerprint density at radius 1 is 1.26 bits per heavy atom. The predicted molar refractivity (Wildman–Crippen MR) is 81.3 cm³/mol. The molecule has 1 aromatic rings. The predicted octanol–water partition coefficient (Wildman–Crippen LogP) is 3.97. The summed E-state index contributed by atoms with van der Waals surface area (Å²) in [7, 11) is 0. The van der Waals surface area contributed by atoms with Crippen LogP contribution in [-0.4, -0.2) is 22.0 Å². The molecule has 0 unspecified atom stereocenters. The lowest BCUT2D eigenvalue weighted by atomic mass is 9.97. The summed E-state index contributed by atoms with van der Waals surface area (Å²) in [5.41, 5.74) is 4.45. The maximum absolute atomic E-state index is 4.69. The molecule has 2 nitrogen and oxygen atoms in total. The van der Waals surface area contributed by atoms with Crippen molar-refractivity contribution in [3.63, 3.8) is 0 Å². The van der Waals surface area contributed by atoms with E-state index in [4.69, 9.17) is 0 Å². The van der Waals surface area contributed by atoms with Crippen molar-refractivity contribution in [1.82, 2.24) is 9.88 Å². The van der Waals surface area contributed by atoms with Crippen molar-refractivity contribution in [1.29, 1.82) is 0 Å². The van der Waals surface area contributed by atoms with Crippen molar-refractivity contribution < 1.29 is 0 Å². The number of rotatable bonds is 4. The molecule has 2 heteroatoms. The normalized spacial score (nSPS) is 16.4. The zero-order valence-electron chi connectivity index (χ0n) is 13.0. The maximum atomic E-state index is 4.69. The van der Waals surface area contributed by atoms with Crippen LogP contribution >= 0.6 is 0 Å². The molecule has 0 aromatic carbocycles. The topological polar surface area (TPSA) is 16.1 Å². The van der Waals surface area contributed by atoms with E-state index in [0.717, 1.165) is 19.5 Å². The van der Waals surface area contributed by atoms with E-state index >= 15 is 0 Å². The van der Waals surface area contributed by atoms with Crippen LogP contribution in [0.2, 0.25) is 0 Å². The third kappa shape index (κ3) is 3.79. The molecular formula is C17H28N2. The molecule has 0 bridgehead atoms. The molecule has 0 fully saturated rings. The lowest BCUT2D eigenvalue weighted by Crippen LogP contribution is -2.44. The molecule has 1 aromatic heterocycles. The first-order valence-corrected chi connectivity index (χ1v) is 7.72. The molecule has 0 radical (unpaired) electrons. The van der Waals surface area contributed by atoms with Gasteiger partial charge in [-0.1, -0.05) is 25.8 Å². The highest BCUT2D eigenvalue weighted by Crippen LogP contribution is 2.24. The van der Waals surface area contributed by atoms with Crippen LogP contribution in [0, 0.1) is 0 Å². The fourth-order valence-electron chi connectivity index (χ4n) is 2.76. The van der Waals surface area contributed by atoms with E-state index in [9.17, 15) is 0 Å². The Morgan fingerprint density at radius 2 is 2.05 bits per heavy atom. The van der Waals surface area contributed by atoms with Gasteiger partial charge in [-0.15, -0.1) is 0 Å². The summed E-state index contributed by atoms with van der Waals surface area (Å²) >= 11 is 0. The second-order valence-electron chi connectivity index (χ2n) is 6.75. The minimum absolute atomic E-state index is 0.260. The molecule has 0 saturated heterocycles. The summed E-state index contributed by atoms with van der Waals surface area (Å²) in [6, 6.07) is 2.40. The van der Waals surface area contributed by atoms with Crippen LogP contribution in [-0.2, 0) is 19.4 Å². The van der Waals surface area contributed by atoms with Gasteiger partial charge < -0.3 is 0 Å². The Labute approximate surface area is 118 Å². The zero-order chi connectivity index (χ0) is 13.9. The second kappa shape index (κ2) is 6.04.